The number of benzene rings is 1. The van der Waals surface area contributed by atoms with E-state index < -0.39 is 0 Å². The Balaban J connectivity index is 1.63. The van der Waals surface area contributed by atoms with Crippen molar-refractivity contribution in [2.75, 3.05) is 0 Å². The first-order valence-corrected chi connectivity index (χ1v) is 8.40. The number of thioether (sulfide) groups is 1. The summed E-state index contributed by atoms with van der Waals surface area (Å²) in [7, 11) is 1.95. The fourth-order valence-corrected chi connectivity index (χ4v) is 2.98. The van der Waals surface area contributed by atoms with E-state index in [4.69, 9.17) is 0 Å². The van der Waals surface area contributed by atoms with Gasteiger partial charge in [0.2, 0.25) is 5.91 Å². The van der Waals surface area contributed by atoms with Crippen molar-refractivity contribution in [1.82, 2.24) is 20.1 Å². The molecule has 1 amide bonds. The summed E-state index contributed by atoms with van der Waals surface area (Å²) in [6.07, 6.45) is 2.95. The fraction of sp³-hybridized carbons (Fsp3) is 0.438. The highest BCUT2D eigenvalue weighted by Crippen LogP contribution is 2.24. The average Bonchev–Trinajstić information content (AvgIpc) is 3.28. The minimum atomic E-state index is -0.159. The van der Waals surface area contributed by atoms with E-state index in [0.717, 1.165) is 30.2 Å². The van der Waals surface area contributed by atoms with Crippen molar-refractivity contribution in [3.63, 3.8) is 0 Å². The van der Waals surface area contributed by atoms with E-state index in [9.17, 15) is 4.79 Å². The van der Waals surface area contributed by atoms with E-state index in [1.165, 1.54) is 17.3 Å². The molecule has 1 saturated carbocycles. The summed E-state index contributed by atoms with van der Waals surface area (Å²) in [6.45, 7) is 1.91. The van der Waals surface area contributed by atoms with E-state index in [1.807, 2.05) is 36.7 Å². The van der Waals surface area contributed by atoms with Crippen molar-refractivity contribution in [3.05, 3.63) is 41.7 Å². The number of aromatic nitrogens is 3. The second kappa shape index (κ2) is 6.52. The summed E-state index contributed by atoms with van der Waals surface area (Å²) < 4.78 is 1.97. The number of hydrogen-bond donors (Lipinski definition) is 1. The molecule has 1 N–H and O–H groups in total. The van der Waals surface area contributed by atoms with Gasteiger partial charge in [-0.3, -0.25) is 4.79 Å². The van der Waals surface area contributed by atoms with Gasteiger partial charge in [-0.05, 0) is 25.3 Å². The van der Waals surface area contributed by atoms with Gasteiger partial charge < -0.3 is 9.88 Å². The lowest BCUT2D eigenvalue weighted by atomic mass is 10.1. The molecule has 116 valence electrons. The normalized spacial score (nSPS) is 15.5. The van der Waals surface area contributed by atoms with Gasteiger partial charge in [-0.2, -0.15) is 0 Å². The zero-order chi connectivity index (χ0) is 15.5. The second-order valence-electron chi connectivity index (χ2n) is 5.66. The Morgan fingerprint density at radius 1 is 1.36 bits per heavy atom. The number of carbonyl (C=O) groups is 1. The van der Waals surface area contributed by atoms with Crippen LogP contribution >= 0.6 is 11.8 Å². The van der Waals surface area contributed by atoms with E-state index in [-0.39, 0.29) is 11.2 Å². The molecule has 1 aromatic heterocycles. The maximum absolute atomic E-state index is 12.0. The van der Waals surface area contributed by atoms with Crippen LogP contribution in [0.5, 0.6) is 0 Å². The molecule has 1 aromatic carbocycles. The third-order valence-electron chi connectivity index (χ3n) is 3.71. The molecule has 0 radical (unpaired) electrons. The van der Waals surface area contributed by atoms with Gasteiger partial charge in [0.1, 0.15) is 5.82 Å². The van der Waals surface area contributed by atoms with E-state index >= 15 is 0 Å². The van der Waals surface area contributed by atoms with Crippen molar-refractivity contribution in [1.29, 1.82) is 0 Å². The SMILES string of the molecule is C[C@H](Sc1nnc(Cc2ccccc2)n1C)C(=O)NC1CC1. The van der Waals surface area contributed by atoms with Crippen LogP contribution in [-0.4, -0.2) is 32.0 Å². The van der Waals surface area contributed by atoms with Crippen molar-refractivity contribution >= 4 is 17.7 Å². The first-order valence-electron chi connectivity index (χ1n) is 7.52. The molecule has 1 aliphatic carbocycles. The molecule has 6 heteroatoms. The highest BCUT2D eigenvalue weighted by atomic mass is 32.2. The van der Waals surface area contributed by atoms with E-state index in [0.29, 0.717) is 6.04 Å². The molecule has 1 heterocycles. The number of nitrogens with zero attached hydrogens (tertiary/aromatic N) is 3. The second-order valence-corrected chi connectivity index (χ2v) is 6.97. The first-order chi connectivity index (χ1) is 10.6. The molecule has 0 unspecified atom stereocenters. The van der Waals surface area contributed by atoms with Gasteiger partial charge in [-0.15, -0.1) is 10.2 Å². The quantitative estimate of drug-likeness (QED) is 0.830. The predicted molar refractivity (Wildman–Crippen MR) is 86.7 cm³/mol. The van der Waals surface area contributed by atoms with Gasteiger partial charge >= 0.3 is 0 Å². The molecule has 2 aromatic rings. The molecule has 1 aliphatic rings. The van der Waals surface area contributed by atoms with Crippen LogP contribution in [-0.2, 0) is 18.3 Å². The smallest absolute Gasteiger partial charge is 0.233 e. The summed E-state index contributed by atoms with van der Waals surface area (Å²) in [5, 5.41) is 12.1. The van der Waals surface area contributed by atoms with Crippen LogP contribution in [0, 0.1) is 0 Å². The van der Waals surface area contributed by atoms with Crippen LogP contribution in [0.2, 0.25) is 0 Å². The highest BCUT2D eigenvalue weighted by Gasteiger charge is 2.26. The fourth-order valence-electron chi connectivity index (χ4n) is 2.14. The Kier molecular flexibility index (Phi) is 4.47. The van der Waals surface area contributed by atoms with Crippen LogP contribution < -0.4 is 5.32 Å². The number of hydrogen-bond acceptors (Lipinski definition) is 4. The topological polar surface area (TPSA) is 59.8 Å². The highest BCUT2D eigenvalue weighted by molar-refractivity contribution is 8.00. The van der Waals surface area contributed by atoms with Crippen LogP contribution in [0.25, 0.3) is 0 Å². The Morgan fingerprint density at radius 3 is 2.77 bits per heavy atom. The lowest BCUT2D eigenvalue weighted by Crippen LogP contribution is -2.32. The van der Waals surface area contributed by atoms with Crippen molar-refractivity contribution < 1.29 is 4.79 Å². The summed E-state index contributed by atoms with van der Waals surface area (Å²) in [5.41, 5.74) is 1.20. The van der Waals surface area contributed by atoms with Gasteiger partial charge in [0, 0.05) is 19.5 Å². The third kappa shape index (κ3) is 3.68. The number of nitrogens with one attached hydrogen (secondary N) is 1. The summed E-state index contributed by atoms with van der Waals surface area (Å²) in [5.74, 6) is 0.989. The molecular formula is C16H20N4OS. The molecule has 0 aliphatic heterocycles. The lowest BCUT2D eigenvalue weighted by Gasteiger charge is -2.11. The average molecular weight is 316 g/mol. The van der Waals surface area contributed by atoms with Crippen molar-refractivity contribution in [2.45, 2.75) is 42.6 Å². The number of carbonyl (C=O) groups excluding carboxylic acids is 1. The molecule has 0 spiro atoms. The largest absolute Gasteiger partial charge is 0.352 e. The predicted octanol–water partition coefficient (Wildman–Crippen LogP) is 2.17. The summed E-state index contributed by atoms with van der Waals surface area (Å²) in [4.78, 5) is 12.0. The molecule has 0 bridgehead atoms. The molecular weight excluding hydrogens is 296 g/mol. The molecule has 3 rings (SSSR count). The Labute approximate surface area is 134 Å². The van der Waals surface area contributed by atoms with Gasteiger partial charge in [-0.1, -0.05) is 42.1 Å². The zero-order valence-electron chi connectivity index (χ0n) is 12.8. The minimum absolute atomic E-state index is 0.0834. The molecule has 1 fully saturated rings. The monoisotopic (exact) mass is 316 g/mol. The van der Waals surface area contributed by atoms with Crippen LogP contribution in [0.1, 0.15) is 31.2 Å². The lowest BCUT2D eigenvalue weighted by molar-refractivity contribution is -0.120. The standard InChI is InChI=1S/C16H20N4OS/c1-11(15(21)17-13-8-9-13)22-16-19-18-14(20(16)2)10-12-6-4-3-5-7-12/h3-7,11,13H,8-10H2,1-2H3,(H,17,21)/t11-/m0/s1. The Morgan fingerprint density at radius 2 is 2.09 bits per heavy atom. The van der Waals surface area contributed by atoms with E-state index in [1.54, 1.807) is 0 Å². The van der Waals surface area contributed by atoms with Gasteiger partial charge in [0.25, 0.3) is 0 Å². The van der Waals surface area contributed by atoms with Crippen molar-refractivity contribution in [2.24, 2.45) is 7.05 Å². The maximum Gasteiger partial charge on any atom is 0.233 e. The van der Waals surface area contributed by atoms with Crippen molar-refractivity contribution in [3.8, 4) is 0 Å². The summed E-state index contributed by atoms with van der Waals surface area (Å²) >= 11 is 1.46. The molecule has 22 heavy (non-hydrogen) atoms. The summed E-state index contributed by atoms with van der Waals surface area (Å²) in [6, 6.07) is 10.6. The third-order valence-corrected chi connectivity index (χ3v) is 4.84. The van der Waals surface area contributed by atoms with Crippen LogP contribution in [0.4, 0.5) is 0 Å². The number of rotatable bonds is 6. The van der Waals surface area contributed by atoms with Crippen LogP contribution in [0.15, 0.2) is 35.5 Å². The van der Waals surface area contributed by atoms with Gasteiger partial charge in [0.15, 0.2) is 5.16 Å². The van der Waals surface area contributed by atoms with Crippen LogP contribution in [0.3, 0.4) is 0 Å². The maximum atomic E-state index is 12.0. The zero-order valence-corrected chi connectivity index (χ0v) is 13.6. The minimum Gasteiger partial charge on any atom is -0.352 e. The van der Waals surface area contributed by atoms with Gasteiger partial charge in [0.05, 0.1) is 5.25 Å². The molecule has 5 nitrogen and oxygen atoms in total. The molecule has 0 saturated heterocycles. The van der Waals surface area contributed by atoms with E-state index in [2.05, 4.69) is 27.6 Å². The molecule has 1 atom stereocenters. The Hall–Kier alpha value is -1.82. The first kappa shape index (κ1) is 15.1. The van der Waals surface area contributed by atoms with Gasteiger partial charge in [-0.25, -0.2) is 0 Å². The Bertz CT molecular complexity index is 651. The number of amides is 1.